The molecule has 0 radical (unpaired) electrons. The van der Waals surface area contributed by atoms with Gasteiger partial charge in [0.15, 0.2) is 0 Å². The molecule has 5 rings (SSSR count). The van der Waals surface area contributed by atoms with Crippen LogP contribution < -0.4 is 10.5 Å². The molecule has 0 bridgehead atoms. The molecule has 172 valence electrons. The lowest BCUT2D eigenvalue weighted by molar-refractivity contribution is 0.100. The summed E-state index contributed by atoms with van der Waals surface area (Å²) in [6, 6.07) is 19.8. The van der Waals surface area contributed by atoms with Crippen molar-refractivity contribution in [3.63, 3.8) is 0 Å². The number of hydrogen-bond acceptors (Lipinski definition) is 4. The van der Waals surface area contributed by atoms with Crippen LogP contribution >= 0.6 is 0 Å². The van der Waals surface area contributed by atoms with Gasteiger partial charge in [0.1, 0.15) is 16.7 Å². The zero-order chi connectivity index (χ0) is 24.0. The summed E-state index contributed by atoms with van der Waals surface area (Å²) in [6.45, 7) is 4.34. The minimum Gasteiger partial charge on any atom is -0.366 e. The van der Waals surface area contributed by atoms with Crippen LogP contribution in [0.2, 0.25) is 0 Å². The van der Waals surface area contributed by atoms with Crippen LogP contribution in [0, 0.1) is 13.8 Å². The molecule has 0 saturated heterocycles. The molecule has 7 nitrogen and oxygen atoms in total. The molecule has 0 aliphatic rings. The van der Waals surface area contributed by atoms with Crippen LogP contribution in [-0.4, -0.2) is 26.1 Å². The van der Waals surface area contributed by atoms with E-state index in [9.17, 15) is 9.00 Å². The standard InChI is InChI=1S/C26H24N4O3S/c1-15-24(16(2)33-28-15)18-11-21(26(27)31)25-20-13-19(29-34(3)32)9-10-22(20)30(23(25)12-18)14-17-7-5-4-6-8-17/h4-13,29H,14H2,1-3H3,(H2,27,31). The first-order chi connectivity index (χ1) is 16.3. The van der Waals surface area contributed by atoms with E-state index in [1.165, 1.54) is 0 Å². The van der Waals surface area contributed by atoms with Crippen LogP contribution in [0.5, 0.6) is 0 Å². The number of nitrogens with two attached hydrogens (primary N) is 1. The Morgan fingerprint density at radius 2 is 1.85 bits per heavy atom. The van der Waals surface area contributed by atoms with Crippen LogP contribution in [0.25, 0.3) is 32.9 Å². The molecular weight excluding hydrogens is 448 g/mol. The number of primary amides is 1. The van der Waals surface area contributed by atoms with Crippen LogP contribution in [0.1, 0.15) is 27.4 Å². The van der Waals surface area contributed by atoms with E-state index >= 15 is 0 Å². The SMILES string of the molecule is Cc1noc(C)c1-c1cc(C(N)=O)c2c3cc(NS(C)=O)ccc3n(Cc3ccccc3)c2c1. The van der Waals surface area contributed by atoms with Crippen molar-refractivity contribution < 1.29 is 13.5 Å². The third-order valence-electron chi connectivity index (χ3n) is 6.00. The summed E-state index contributed by atoms with van der Waals surface area (Å²) in [5.41, 5.74) is 12.4. The topological polar surface area (TPSA) is 103 Å². The average Bonchev–Trinajstić information content (AvgIpc) is 3.29. The van der Waals surface area contributed by atoms with Gasteiger partial charge in [0.05, 0.1) is 11.2 Å². The molecule has 34 heavy (non-hydrogen) atoms. The molecule has 3 N–H and O–H groups in total. The van der Waals surface area contributed by atoms with E-state index in [4.69, 9.17) is 10.3 Å². The minimum atomic E-state index is -1.23. The summed E-state index contributed by atoms with van der Waals surface area (Å²) in [4.78, 5) is 12.7. The van der Waals surface area contributed by atoms with Crippen molar-refractivity contribution in [3.8, 4) is 11.1 Å². The van der Waals surface area contributed by atoms with Gasteiger partial charge in [0.25, 0.3) is 0 Å². The van der Waals surface area contributed by atoms with Gasteiger partial charge in [-0.15, -0.1) is 0 Å². The first-order valence-electron chi connectivity index (χ1n) is 10.8. The van der Waals surface area contributed by atoms with Crippen LogP contribution in [0.4, 0.5) is 5.69 Å². The monoisotopic (exact) mass is 472 g/mol. The van der Waals surface area contributed by atoms with Gasteiger partial charge < -0.3 is 19.5 Å². The molecule has 0 aliphatic heterocycles. The highest BCUT2D eigenvalue weighted by Crippen LogP contribution is 2.38. The Balaban J connectivity index is 1.87. The molecule has 1 unspecified atom stereocenters. The van der Waals surface area contributed by atoms with Crippen molar-refractivity contribution in [1.82, 2.24) is 9.72 Å². The van der Waals surface area contributed by atoms with E-state index in [0.717, 1.165) is 44.2 Å². The molecule has 2 aromatic heterocycles. The van der Waals surface area contributed by atoms with Gasteiger partial charge in [-0.3, -0.25) is 4.79 Å². The van der Waals surface area contributed by atoms with Gasteiger partial charge in [-0.1, -0.05) is 35.5 Å². The quantitative estimate of drug-likeness (QED) is 0.366. The average molecular weight is 473 g/mol. The highest BCUT2D eigenvalue weighted by atomic mass is 32.2. The van der Waals surface area contributed by atoms with E-state index in [2.05, 4.69) is 32.6 Å². The zero-order valence-electron chi connectivity index (χ0n) is 19.1. The van der Waals surface area contributed by atoms with Gasteiger partial charge in [0, 0.05) is 45.9 Å². The number of nitrogens with zero attached hydrogens (tertiary/aromatic N) is 2. The van der Waals surface area contributed by atoms with Crippen LogP contribution in [-0.2, 0) is 17.5 Å². The van der Waals surface area contributed by atoms with Crippen LogP contribution in [0.3, 0.4) is 0 Å². The molecule has 2 heterocycles. The van der Waals surface area contributed by atoms with E-state index in [1.54, 1.807) is 6.26 Å². The second-order valence-corrected chi connectivity index (χ2v) is 9.45. The fraction of sp³-hybridized carbons (Fsp3) is 0.154. The number of hydrogen-bond donors (Lipinski definition) is 2. The molecule has 1 amide bonds. The smallest absolute Gasteiger partial charge is 0.249 e. The van der Waals surface area contributed by atoms with Crippen molar-refractivity contribution in [2.45, 2.75) is 20.4 Å². The molecule has 0 aliphatic carbocycles. The predicted molar refractivity (Wildman–Crippen MR) is 136 cm³/mol. The van der Waals surface area contributed by atoms with Crippen LogP contribution in [0.15, 0.2) is 65.2 Å². The lowest BCUT2D eigenvalue weighted by atomic mass is 9.97. The molecule has 0 spiro atoms. The number of carbonyl (C=O) groups excluding carboxylic acids is 1. The molecule has 0 fully saturated rings. The Labute approximate surface area is 199 Å². The van der Waals surface area contributed by atoms with E-state index in [1.807, 2.05) is 56.3 Å². The Morgan fingerprint density at radius 3 is 2.50 bits per heavy atom. The highest BCUT2D eigenvalue weighted by Gasteiger charge is 2.21. The molecule has 1 atom stereocenters. The van der Waals surface area contributed by atoms with Gasteiger partial charge in [0.2, 0.25) is 5.91 Å². The lowest BCUT2D eigenvalue weighted by Gasteiger charge is -2.10. The van der Waals surface area contributed by atoms with Crippen molar-refractivity contribution in [1.29, 1.82) is 0 Å². The number of benzene rings is 3. The summed E-state index contributed by atoms with van der Waals surface area (Å²) in [5.74, 6) is 0.157. The maximum atomic E-state index is 12.7. The summed E-state index contributed by atoms with van der Waals surface area (Å²) in [7, 11) is -1.23. The fourth-order valence-electron chi connectivity index (χ4n) is 4.62. The number of aromatic nitrogens is 2. The number of rotatable bonds is 6. The maximum Gasteiger partial charge on any atom is 0.249 e. The number of fused-ring (bicyclic) bond motifs is 3. The lowest BCUT2D eigenvalue weighted by Crippen LogP contribution is -2.12. The Morgan fingerprint density at radius 1 is 1.09 bits per heavy atom. The summed E-state index contributed by atoms with van der Waals surface area (Å²) >= 11 is 0. The Kier molecular flexibility index (Phi) is 5.45. The summed E-state index contributed by atoms with van der Waals surface area (Å²) in [6.07, 6.45) is 1.58. The first kappa shape index (κ1) is 21.9. The largest absolute Gasteiger partial charge is 0.366 e. The van der Waals surface area contributed by atoms with Gasteiger partial charge in [-0.25, -0.2) is 4.21 Å². The van der Waals surface area contributed by atoms with E-state index < -0.39 is 16.9 Å². The number of nitrogens with one attached hydrogen (secondary N) is 1. The normalized spacial score (nSPS) is 12.3. The summed E-state index contributed by atoms with van der Waals surface area (Å²) < 4.78 is 22.3. The second kappa shape index (κ2) is 8.46. The minimum absolute atomic E-state index is 0.416. The van der Waals surface area contributed by atoms with E-state index in [0.29, 0.717) is 23.6 Å². The van der Waals surface area contributed by atoms with Gasteiger partial charge in [-0.2, -0.15) is 0 Å². The number of anilines is 1. The molecule has 5 aromatic rings. The third-order valence-corrected chi connectivity index (χ3v) is 6.52. The van der Waals surface area contributed by atoms with Gasteiger partial charge >= 0.3 is 0 Å². The summed E-state index contributed by atoms with van der Waals surface area (Å²) in [5, 5.41) is 5.71. The Bertz CT molecular complexity index is 1570. The van der Waals surface area contributed by atoms with Crippen molar-refractivity contribution >= 4 is 44.4 Å². The van der Waals surface area contributed by atoms with Crippen molar-refractivity contribution in [2.24, 2.45) is 5.73 Å². The second-order valence-electron chi connectivity index (χ2n) is 8.34. The first-order valence-corrected chi connectivity index (χ1v) is 12.4. The molecule has 0 saturated carbocycles. The number of carbonyl (C=O) groups is 1. The number of amides is 1. The third kappa shape index (κ3) is 3.76. The molecular formula is C26H24N4O3S. The van der Waals surface area contributed by atoms with Crippen molar-refractivity contribution in [2.75, 3.05) is 11.0 Å². The van der Waals surface area contributed by atoms with Crippen molar-refractivity contribution in [3.05, 3.63) is 83.2 Å². The molecule has 8 heteroatoms. The fourth-order valence-corrected chi connectivity index (χ4v) is 5.08. The predicted octanol–water partition coefficient (Wildman–Crippen LogP) is 4.92. The molecule has 3 aromatic carbocycles. The number of aryl methyl sites for hydroxylation is 2. The maximum absolute atomic E-state index is 12.7. The Hall–Kier alpha value is -3.91. The van der Waals surface area contributed by atoms with E-state index in [-0.39, 0.29) is 0 Å². The van der Waals surface area contributed by atoms with Gasteiger partial charge in [-0.05, 0) is 55.3 Å². The highest BCUT2D eigenvalue weighted by molar-refractivity contribution is 7.85. The zero-order valence-corrected chi connectivity index (χ0v) is 19.9.